The zero-order valence-electron chi connectivity index (χ0n) is 10.7. The van der Waals surface area contributed by atoms with Crippen LogP contribution in [0.15, 0.2) is 24.3 Å². The van der Waals surface area contributed by atoms with Gasteiger partial charge >= 0.3 is 0 Å². The highest BCUT2D eigenvalue weighted by molar-refractivity contribution is 5.35. The molecule has 0 aliphatic rings. The van der Waals surface area contributed by atoms with Crippen molar-refractivity contribution in [2.45, 2.75) is 38.8 Å². The fourth-order valence-electron chi connectivity index (χ4n) is 1.88. The topological polar surface area (TPSA) is 55.2 Å². The Labute approximate surface area is 108 Å². The second-order valence-electron chi connectivity index (χ2n) is 4.29. The van der Waals surface area contributed by atoms with E-state index in [9.17, 15) is 10.1 Å². The number of hydrogen-bond acceptors (Lipinski definition) is 3. The molecule has 2 unspecified atom stereocenters. The van der Waals surface area contributed by atoms with E-state index in [1.54, 1.807) is 12.1 Å². The lowest BCUT2D eigenvalue weighted by Crippen LogP contribution is -2.29. The van der Waals surface area contributed by atoms with Gasteiger partial charge in [-0.2, -0.15) is 0 Å². The van der Waals surface area contributed by atoms with Crippen LogP contribution in [0.3, 0.4) is 0 Å². The van der Waals surface area contributed by atoms with Crippen molar-refractivity contribution in [3.05, 3.63) is 39.9 Å². The monoisotopic (exact) mass is 246 g/mol. The Bertz CT molecular complexity index is 451. The molecule has 0 radical (unpaired) electrons. The van der Waals surface area contributed by atoms with Gasteiger partial charge in [0.1, 0.15) is 0 Å². The lowest BCUT2D eigenvalue weighted by Gasteiger charge is -2.21. The average Bonchev–Trinajstić information content (AvgIpc) is 2.36. The van der Waals surface area contributed by atoms with Crippen LogP contribution < -0.4 is 5.32 Å². The van der Waals surface area contributed by atoms with Crippen molar-refractivity contribution >= 4 is 5.69 Å². The molecule has 0 spiro atoms. The third-order valence-corrected chi connectivity index (χ3v) is 2.80. The number of rotatable bonds is 6. The summed E-state index contributed by atoms with van der Waals surface area (Å²) in [7, 11) is 0. The largest absolute Gasteiger partial charge is 0.307 e. The number of non-ortho nitro benzene ring substituents is 1. The van der Waals surface area contributed by atoms with Crippen molar-refractivity contribution in [3.8, 4) is 12.3 Å². The zero-order valence-corrected chi connectivity index (χ0v) is 10.7. The van der Waals surface area contributed by atoms with Crippen LogP contribution >= 0.6 is 0 Å². The van der Waals surface area contributed by atoms with E-state index < -0.39 is 0 Å². The molecule has 96 valence electrons. The minimum Gasteiger partial charge on any atom is -0.307 e. The first-order valence-corrected chi connectivity index (χ1v) is 6.02. The van der Waals surface area contributed by atoms with Gasteiger partial charge in [0.05, 0.1) is 4.92 Å². The number of nitrogens with zero attached hydrogens (tertiary/aromatic N) is 1. The number of nitrogens with one attached hydrogen (secondary N) is 1. The maximum atomic E-state index is 10.7. The van der Waals surface area contributed by atoms with Crippen LogP contribution in [-0.2, 0) is 0 Å². The summed E-state index contributed by atoms with van der Waals surface area (Å²) in [6.45, 7) is 4.05. The summed E-state index contributed by atoms with van der Waals surface area (Å²) in [6, 6.07) is 7.01. The molecule has 0 aromatic heterocycles. The molecule has 1 aromatic rings. The zero-order chi connectivity index (χ0) is 13.5. The van der Waals surface area contributed by atoms with Crippen LogP contribution in [0.25, 0.3) is 0 Å². The molecule has 0 fully saturated rings. The Balaban J connectivity index is 2.85. The molecule has 0 saturated carbocycles. The summed E-state index contributed by atoms with van der Waals surface area (Å²) in [5.74, 6) is 2.61. The normalized spacial score (nSPS) is 13.6. The van der Waals surface area contributed by atoms with Gasteiger partial charge in [-0.05, 0) is 18.9 Å². The van der Waals surface area contributed by atoms with E-state index in [4.69, 9.17) is 6.42 Å². The van der Waals surface area contributed by atoms with Gasteiger partial charge in [-0.1, -0.05) is 19.1 Å². The van der Waals surface area contributed by atoms with Gasteiger partial charge < -0.3 is 5.32 Å². The molecule has 1 rings (SSSR count). The van der Waals surface area contributed by atoms with E-state index in [0.29, 0.717) is 6.42 Å². The molecule has 0 bridgehead atoms. The number of hydrogen-bond donors (Lipinski definition) is 1. The molecule has 1 N–H and O–H groups in total. The van der Waals surface area contributed by atoms with E-state index in [2.05, 4.69) is 11.2 Å². The van der Waals surface area contributed by atoms with Crippen LogP contribution in [0, 0.1) is 22.5 Å². The smallest absolute Gasteiger partial charge is 0.269 e. The molecule has 1 aromatic carbocycles. The molecular formula is C14H18N2O2. The highest BCUT2D eigenvalue weighted by Gasteiger charge is 2.14. The van der Waals surface area contributed by atoms with E-state index in [0.717, 1.165) is 12.0 Å². The lowest BCUT2D eigenvalue weighted by molar-refractivity contribution is -0.384. The maximum Gasteiger partial charge on any atom is 0.269 e. The Morgan fingerprint density at radius 1 is 1.56 bits per heavy atom. The minimum atomic E-state index is -0.374. The minimum absolute atomic E-state index is 0.0910. The summed E-state index contributed by atoms with van der Waals surface area (Å²) >= 11 is 0. The molecule has 4 heteroatoms. The molecule has 0 amide bonds. The predicted octanol–water partition coefficient (Wildman–Crippen LogP) is 3.05. The van der Waals surface area contributed by atoms with Crippen LogP contribution in [0.2, 0.25) is 0 Å². The molecule has 4 nitrogen and oxygen atoms in total. The molecule has 0 aliphatic carbocycles. The first-order valence-electron chi connectivity index (χ1n) is 6.02. The summed E-state index contributed by atoms with van der Waals surface area (Å²) < 4.78 is 0. The number of benzene rings is 1. The van der Waals surface area contributed by atoms with Crippen LogP contribution in [-0.4, -0.2) is 11.0 Å². The Morgan fingerprint density at radius 3 is 2.83 bits per heavy atom. The van der Waals surface area contributed by atoms with Gasteiger partial charge in [0.25, 0.3) is 5.69 Å². The van der Waals surface area contributed by atoms with Gasteiger partial charge in [0, 0.05) is 30.6 Å². The first-order chi connectivity index (χ1) is 8.58. The predicted molar refractivity (Wildman–Crippen MR) is 72.2 cm³/mol. The Kier molecular flexibility index (Phi) is 5.34. The van der Waals surface area contributed by atoms with Gasteiger partial charge in [0.2, 0.25) is 0 Å². The summed E-state index contributed by atoms with van der Waals surface area (Å²) in [4.78, 5) is 10.4. The van der Waals surface area contributed by atoms with Crippen molar-refractivity contribution < 1.29 is 4.92 Å². The summed E-state index contributed by atoms with van der Waals surface area (Å²) in [6.07, 6.45) is 6.77. The van der Waals surface area contributed by atoms with Crippen molar-refractivity contribution in [2.75, 3.05) is 0 Å². The summed E-state index contributed by atoms with van der Waals surface area (Å²) in [5.41, 5.74) is 1.05. The van der Waals surface area contributed by atoms with Crippen molar-refractivity contribution in [2.24, 2.45) is 0 Å². The van der Waals surface area contributed by atoms with Crippen LogP contribution in [0.4, 0.5) is 5.69 Å². The molecule has 2 atom stereocenters. The highest BCUT2D eigenvalue weighted by atomic mass is 16.6. The second-order valence-corrected chi connectivity index (χ2v) is 4.29. The third-order valence-electron chi connectivity index (χ3n) is 2.80. The van der Waals surface area contributed by atoms with Crippen molar-refractivity contribution in [3.63, 3.8) is 0 Å². The van der Waals surface area contributed by atoms with Gasteiger partial charge in [-0.15, -0.1) is 12.3 Å². The fraction of sp³-hybridized carbons (Fsp3) is 0.429. The average molecular weight is 246 g/mol. The Morgan fingerprint density at radius 2 is 2.28 bits per heavy atom. The van der Waals surface area contributed by atoms with Crippen molar-refractivity contribution in [1.82, 2.24) is 5.32 Å². The third kappa shape index (κ3) is 3.86. The summed E-state index contributed by atoms with van der Waals surface area (Å²) in [5, 5.41) is 14.1. The SMILES string of the molecule is C#CCC(C)NC(CC)c1cccc([N+](=O)[O-])c1. The van der Waals surface area contributed by atoms with Crippen LogP contribution in [0.1, 0.15) is 38.3 Å². The standard InChI is InChI=1S/C14H18N2O2/c1-4-7-11(3)15-14(5-2)12-8-6-9-13(10-12)16(17)18/h1,6,8-11,14-15H,5,7H2,2-3H3. The number of terminal acetylenes is 1. The fourth-order valence-corrected chi connectivity index (χ4v) is 1.88. The quantitative estimate of drug-likeness (QED) is 0.477. The van der Waals surface area contributed by atoms with Gasteiger partial charge in [0.15, 0.2) is 0 Å². The molecular weight excluding hydrogens is 228 g/mol. The lowest BCUT2D eigenvalue weighted by atomic mass is 10.0. The van der Waals surface area contributed by atoms with E-state index in [-0.39, 0.29) is 22.7 Å². The first kappa shape index (κ1) is 14.2. The van der Waals surface area contributed by atoms with Gasteiger partial charge in [-0.25, -0.2) is 0 Å². The number of nitro groups is 1. The van der Waals surface area contributed by atoms with E-state index in [1.165, 1.54) is 6.07 Å². The van der Waals surface area contributed by atoms with Gasteiger partial charge in [-0.3, -0.25) is 10.1 Å². The Hall–Kier alpha value is -1.86. The molecule has 0 aliphatic heterocycles. The number of nitro benzene ring substituents is 1. The van der Waals surface area contributed by atoms with E-state index in [1.807, 2.05) is 19.9 Å². The second kappa shape index (κ2) is 6.77. The van der Waals surface area contributed by atoms with E-state index >= 15 is 0 Å². The molecule has 18 heavy (non-hydrogen) atoms. The van der Waals surface area contributed by atoms with Crippen LogP contribution in [0.5, 0.6) is 0 Å². The molecule has 0 heterocycles. The van der Waals surface area contributed by atoms with Crippen molar-refractivity contribution in [1.29, 1.82) is 0 Å². The molecule has 0 saturated heterocycles. The maximum absolute atomic E-state index is 10.7. The highest BCUT2D eigenvalue weighted by Crippen LogP contribution is 2.22.